The number of anilines is 1. The first-order valence-corrected chi connectivity index (χ1v) is 10.2. The number of ether oxygens (including phenoxy) is 1. The first-order chi connectivity index (χ1) is 15.1. The molecule has 4 aromatic rings. The van der Waals surface area contributed by atoms with Crippen molar-refractivity contribution in [3.63, 3.8) is 0 Å². The van der Waals surface area contributed by atoms with Gasteiger partial charge in [0.05, 0.1) is 37.2 Å². The normalized spacial score (nSPS) is 12.9. The number of hydrogen-bond donors (Lipinski definition) is 2. The van der Waals surface area contributed by atoms with Gasteiger partial charge in [0.1, 0.15) is 17.9 Å². The minimum absolute atomic E-state index is 0.0232. The Morgan fingerprint density at radius 1 is 1.26 bits per heavy atom. The maximum Gasteiger partial charge on any atom is 0.208 e. The summed E-state index contributed by atoms with van der Waals surface area (Å²) < 4.78 is 23.7. The largest absolute Gasteiger partial charge is 0.493 e. The van der Waals surface area contributed by atoms with Crippen LogP contribution in [0.3, 0.4) is 0 Å². The number of aliphatic hydroxyl groups is 1. The zero-order valence-electron chi connectivity index (χ0n) is 17.4. The van der Waals surface area contributed by atoms with Gasteiger partial charge < -0.3 is 15.2 Å². The second kappa shape index (κ2) is 7.66. The number of aromatic nitrogens is 5. The van der Waals surface area contributed by atoms with Crippen molar-refractivity contribution >= 4 is 11.5 Å². The molecule has 31 heavy (non-hydrogen) atoms. The van der Waals surface area contributed by atoms with Crippen molar-refractivity contribution in [1.29, 1.82) is 0 Å². The molecule has 1 aliphatic heterocycles. The number of rotatable bonds is 6. The summed E-state index contributed by atoms with van der Waals surface area (Å²) in [6.45, 7) is 5.25. The molecule has 3 aromatic heterocycles. The third kappa shape index (κ3) is 3.21. The quantitative estimate of drug-likeness (QED) is 0.497. The van der Waals surface area contributed by atoms with Crippen molar-refractivity contribution in [2.75, 3.05) is 18.5 Å². The highest BCUT2D eigenvalue weighted by molar-refractivity contribution is 5.83. The minimum Gasteiger partial charge on any atom is -0.493 e. The van der Waals surface area contributed by atoms with E-state index >= 15 is 0 Å². The highest BCUT2D eigenvalue weighted by Crippen LogP contribution is 2.33. The maximum absolute atomic E-state index is 14.5. The van der Waals surface area contributed by atoms with E-state index in [-0.39, 0.29) is 12.4 Å². The number of aliphatic hydroxyl groups excluding tert-OH is 1. The van der Waals surface area contributed by atoms with E-state index in [0.29, 0.717) is 37.6 Å². The Morgan fingerprint density at radius 3 is 2.97 bits per heavy atom. The summed E-state index contributed by atoms with van der Waals surface area (Å²) in [5, 5.41) is 17.1. The van der Waals surface area contributed by atoms with Crippen LogP contribution in [0, 0.1) is 19.7 Å². The van der Waals surface area contributed by atoms with Crippen molar-refractivity contribution in [3.8, 4) is 16.9 Å². The van der Waals surface area contributed by atoms with Crippen LogP contribution in [0.15, 0.2) is 30.9 Å². The molecule has 0 atom stereocenters. The summed E-state index contributed by atoms with van der Waals surface area (Å²) in [5.41, 5.74) is 6.08. The number of hydrogen-bond acceptors (Lipinski definition) is 6. The number of imidazole rings is 1. The molecule has 1 aromatic carbocycles. The summed E-state index contributed by atoms with van der Waals surface area (Å²) in [7, 11) is 0. The van der Waals surface area contributed by atoms with Crippen molar-refractivity contribution in [2.24, 2.45) is 0 Å². The van der Waals surface area contributed by atoms with Crippen LogP contribution in [0.4, 0.5) is 10.3 Å². The van der Waals surface area contributed by atoms with Gasteiger partial charge in [-0.25, -0.2) is 14.4 Å². The molecule has 9 heteroatoms. The molecule has 0 bridgehead atoms. The Labute approximate surface area is 178 Å². The molecule has 1 aliphatic rings. The number of halogens is 1. The van der Waals surface area contributed by atoms with Gasteiger partial charge in [-0.05, 0) is 26.0 Å². The fourth-order valence-corrected chi connectivity index (χ4v) is 4.31. The van der Waals surface area contributed by atoms with Gasteiger partial charge in [0, 0.05) is 47.1 Å². The predicted octanol–water partition coefficient (Wildman–Crippen LogP) is 2.89. The number of benzene rings is 1. The summed E-state index contributed by atoms with van der Waals surface area (Å²) in [5.74, 6) is 1.07. The topological polar surface area (TPSA) is 89.5 Å². The second-order valence-electron chi connectivity index (χ2n) is 7.59. The van der Waals surface area contributed by atoms with Crippen LogP contribution in [0.5, 0.6) is 5.75 Å². The van der Waals surface area contributed by atoms with Crippen LogP contribution in [-0.2, 0) is 19.5 Å². The number of nitrogens with zero attached hydrogens (tertiary/aromatic N) is 5. The molecule has 0 aliphatic carbocycles. The van der Waals surface area contributed by atoms with E-state index in [0.717, 1.165) is 39.3 Å². The van der Waals surface area contributed by atoms with Crippen LogP contribution in [0.1, 0.15) is 22.5 Å². The van der Waals surface area contributed by atoms with E-state index in [1.54, 1.807) is 29.5 Å². The van der Waals surface area contributed by atoms with Crippen LogP contribution >= 0.6 is 0 Å². The molecule has 2 N–H and O–H groups in total. The summed E-state index contributed by atoms with van der Waals surface area (Å²) >= 11 is 0. The molecular weight excluding hydrogens is 399 g/mol. The van der Waals surface area contributed by atoms with Gasteiger partial charge in [0.2, 0.25) is 5.95 Å². The fraction of sp³-hybridized carbons (Fsp3) is 0.318. The van der Waals surface area contributed by atoms with Crippen molar-refractivity contribution in [1.82, 2.24) is 24.1 Å². The lowest BCUT2D eigenvalue weighted by molar-refractivity contribution is 0.268. The minimum atomic E-state index is -0.252. The van der Waals surface area contributed by atoms with E-state index in [1.807, 2.05) is 18.2 Å². The lowest BCUT2D eigenvalue weighted by Gasteiger charge is -2.13. The Morgan fingerprint density at radius 2 is 2.13 bits per heavy atom. The third-order valence-electron chi connectivity index (χ3n) is 5.79. The summed E-state index contributed by atoms with van der Waals surface area (Å²) in [6.07, 6.45) is 5.95. The summed E-state index contributed by atoms with van der Waals surface area (Å²) in [4.78, 5) is 8.91. The molecule has 160 valence electrons. The zero-order valence-corrected chi connectivity index (χ0v) is 17.4. The van der Waals surface area contributed by atoms with Gasteiger partial charge in [-0.1, -0.05) is 0 Å². The highest BCUT2D eigenvalue weighted by Gasteiger charge is 2.21. The van der Waals surface area contributed by atoms with Crippen molar-refractivity contribution in [3.05, 3.63) is 59.2 Å². The Kier molecular flexibility index (Phi) is 4.82. The number of fused-ring (bicyclic) bond motifs is 2. The number of aryl methyl sites for hydroxylation is 1. The third-order valence-corrected chi connectivity index (χ3v) is 5.79. The fourth-order valence-electron chi connectivity index (χ4n) is 4.31. The number of nitrogens with one attached hydrogen (secondary N) is 1. The lowest BCUT2D eigenvalue weighted by atomic mass is 10.0. The molecule has 0 fully saturated rings. The monoisotopic (exact) mass is 422 g/mol. The molecule has 0 radical (unpaired) electrons. The molecular formula is C22H23FN6O2. The van der Waals surface area contributed by atoms with E-state index in [9.17, 15) is 9.50 Å². The molecule has 0 saturated heterocycles. The molecule has 8 nitrogen and oxygen atoms in total. The molecule has 5 rings (SSSR count). The van der Waals surface area contributed by atoms with Crippen LogP contribution in [0.2, 0.25) is 0 Å². The van der Waals surface area contributed by atoms with E-state index in [1.165, 1.54) is 6.07 Å². The Bertz CT molecular complexity index is 1280. The maximum atomic E-state index is 14.5. The van der Waals surface area contributed by atoms with Crippen LogP contribution < -0.4 is 10.1 Å². The zero-order chi connectivity index (χ0) is 21.5. The average molecular weight is 422 g/mol. The van der Waals surface area contributed by atoms with Gasteiger partial charge in [0.15, 0.2) is 0 Å². The van der Waals surface area contributed by atoms with Gasteiger partial charge in [0.25, 0.3) is 0 Å². The average Bonchev–Trinajstić information content (AvgIpc) is 3.48. The van der Waals surface area contributed by atoms with Gasteiger partial charge in [-0.3, -0.25) is 9.08 Å². The first kappa shape index (κ1) is 19.5. The Balaban J connectivity index is 1.50. The molecule has 0 saturated carbocycles. The molecule has 4 heterocycles. The van der Waals surface area contributed by atoms with Gasteiger partial charge >= 0.3 is 0 Å². The second-order valence-corrected chi connectivity index (χ2v) is 7.59. The SMILES string of the molecule is Cc1nn(CCO)c(C)c1-c1cnc(NCc2c(F)ccc3c2CCO3)n2cncc12. The molecule has 0 amide bonds. The van der Waals surface area contributed by atoms with Crippen molar-refractivity contribution < 1.29 is 14.2 Å². The van der Waals surface area contributed by atoms with E-state index in [2.05, 4.69) is 20.4 Å². The first-order valence-electron chi connectivity index (χ1n) is 10.2. The van der Waals surface area contributed by atoms with Crippen LogP contribution in [0.25, 0.3) is 16.6 Å². The lowest BCUT2D eigenvalue weighted by Crippen LogP contribution is -2.09. The summed E-state index contributed by atoms with van der Waals surface area (Å²) in [6, 6.07) is 3.13. The van der Waals surface area contributed by atoms with E-state index < -0.39 is 0 Å². The van der Waals surface area contributed by atoms with Crippen molar-refractivity contribution in [2.45, 2.75) is 33.4 Å². The smallest absolute Gasteiger partial charge is 0.208 e. The van der Waals surface area contributed by atoms with E-state index in [4.69, 9.17) is 4.74 Å². The molecule has 0 spiro atoms. The Hall–Kier alpha value is -3.46. The van der Waals surface area contributed by atoms with Gasteiger partial charge in [-0.15, -0.1) is 0 Å². The predicted molar refractivity (Wildman–Crippen MR) is 114 cm³/mol. The van der Waals surface area contributed by atoms with Gasteiger partial charge in [-0.2, -0.15) is 5.10 Å². The highest BCUT2D eigenvalue weighted by atomic mass is 19.1. The standard InChI is InChI=1S/C22H23FN6O2/c1-13-21(14(2)29(27-13)6-7-30)17-10-26-22(28-12-24-11-19(17)28)25-9-16-15-5-8-31-20(15)4-3-18(16)23/h3-4,10-12,30H,5-9H2,1-2H3,(H,25,26). The van der Waals surface area contributed by atoms with Crippen LogP contribution in [-0.4, -0.2) is 42.5 Å². The molecule has 0 unspecified atom stereocenters.